The van der Waals surface area contributed by atoms with Crippen molar-refractivity contribution < 1.29 is 56.9 Å². The second kappa shape index (κ2) is 20.5. The molecule has 0 atom stereocenters. The molecule has 324 valence electrons. The summed E-state index contributed by atoms with van der Waals surface area (Å²) in [5, 5.41) is 49.9. The molecule has 0 saturated carbocycles. The molecule has 62 heavy (non-hydrogen) atoms. The van der Waals surface area contributed by atoms with Crippen LogP contribution in [0.2, 0.25) is 0 Å². The number of carbonyl (C=O) groups excluding carboxylic acids is 2. The highest BCUT2D eigenvalue weighted by Gasteiger charge is 2.23. The lowest BCUT2D eigenvalue weighted by Crippen LogP contribution is -2.14. The van der Waals surface area contributed by atoms with E-state index in [0.717, 1.165) is 37.0 Å². The van der Waals surface area contributed by atoms with Crippen molar-refractivity contribution in [3.63, 3.8) is 0 Å². The quantitative estimate of drug-likeness (QED) is 0.0111. The van der Waals surface area contributed by atoms with Crippen LogP contribution in [0.15, 0.2) is 111 Å². The van der Waals surface area contributed by atoms with Crippen LogP contribution in [0.3, 0.4) is 0 Å². The number of hydrogen-bond acceptors (Lipinski definition) is 14. The zero-order valence-electron chi connectivity index (χ0n) is 33.9. The van der Waals surface area contributed by atoms with Gasteiger partial charge < -0.3 is 30.3 Å². The number of aromatic hydroxyl groups is 2. The average molecular weight is 885 g/mol. The first-order valence-electron chi connectivity index (χ1n) is 19.5. The van der Waals surface area contributed by atoms with E-state index in [-0.39, 0.29) is 49.8 Å². The van der Waals surface area contributed by atoms with Gasteiger partial charge in [-0.1, -0.05) is 74.4 Å². The van der Waals surface area contributed by atoms with Crippen LogP contribution in [-0.2, 0) is 24.3 Å². The molecule has 0 spiro atoms. The van der Waals surface area contributed by atoms with E-state index in [0.29, 0.717) is 46.6 Å². The largest absolute Gasteiger partial charge is 0.506 e. The number of phenolic OH excluding ortho intramolecular Hbond substituents is 2. The molecule has 0 saturated heterocycles. The number of nitrogens with zero attached hydrogens (tertiary/aromatic N) is 2. The van der Waals surface area contributed by atoms with Gasteiger partial charge in [0.15, 0.2) is 5.75 Å². The van der Waals surface area contributed by atoms with Crippen molar-refractivity contribution >= 4 is 78.3 Å². The van der Waals surface area contributed by atoms with Crippen LogP contribution >= 0.6 is 12.0 Å². The number of ether oxygens (including phenoxy) is 2. The van der Waals surface area contributed by atoms with Crippen LogP contribution in [-0.4, -0.2) is 46.9 Å². The van der Waals surface area contributed by atoms with Gasteiger partial charge in [0, 0.05) is 23.1 Å². The van der Waals surface area contributed by atoms with E-state index >= 15 is 0 Å². The maximum atomic E-state index is 13.9. The maximum Gasteiger partial charge on any atom is 0.294 e. The Bertz CT molecular complexity index is 2750. The minimum absolute atomic E-state index is 0.00705. The SMILES string of the molecule is CCCCCCCCOc1ccc(C)cc1NC(=O)c1cc(Oc2ccc(N=Nc3c(SOOO)cc4cc(S(=O)(=O)O)cc(NC(C)=O)c4c3O)cc2)c2ccccc2c1O. The number of hydrogen-bond donors (Lipinski definition) is 6. The smallest absolute Gasteiger partial charge is 0.294 e. The second-order valence-corrected chi connectivity index (χ2v) is 16.4. The van der Waals surface area contributed by atoms with Crippen LogP contribution in [0.25, 0.3) is 21.5 Å². The number of benzene rings is 6. The minimum atomic E-state index is -4.74. The topological polar surface area (TPSA) is 235 Å². The van der Waals surface area contributed by atoms with Gasteiger partial charge in [-0.05, 0) is 85.0 Å². The van der Waals surface area contributed by atoms with Crippen LogP contribution in [0, 0.1) is 6.92 Å². The van der Waals surface area contributed by atoms with Gasteiger partial charge >= 0.3 is 0 Å². The van der Waals surface area contributed by atoms with Crippen LogP contribution < -0.4 is 20.1 Å². The number of nitrogens with one attached hydrogen (secondary N) is 2. The van der Waals surface area contributed by atoms with Crippen molar-refractivity contribution in [3.05, 3.63) is 102 Å². The van der Waals surface area contributed by atoms with Crippen molar-refractivity contribution in [3.8, 4) is 28.7 Å². The summed E-state index contributed by atoms with van der Waals surface area (Å²) in [6, 6.07) is 23.5. The van der Waals surface area contributed by atoms with Crippen molar-refractivity contribution in [1.82, 2.24) is 0 Å². The summed E-state index contributed by atoms with van der Waals surface area (Å²) in [5.41, 5.74) is 1.27. The first-order valence-corrected chi connectivity index (χ1v) is 21.7. The number of rotatable bonds is 19. The number of unbranched alkanes of at least 4 members (excludes halogenated alkanes) is 5. The molecule has 0 fully saturated rings. The number of azo groups is 1. The van der Waals surface area contributed by atoms with Gasteiger partial charge in [-0.3, -0.25) is 14.1 Å². The molecule has 0 aliphatic heterocycles. The van der Waals surface area contributed by atoms with Crippen molar-refractivity contribution in [2.75, 3.05) is 17.2 Å². The highest BCUT2D eigenvalue weighted by molar-refractivity contribution is 7.94. The monoisotopic (exact) mass is 884 g/mol. The Morgan fingerprint density at radius 1 is 0.790 bits per heavy atom. The van der Waals surface area contributed by atoms with Gasteiger partial charge in [0.1, 0.15) is 28.7 Å². The molecule has 0 heterocycles. The molecular formula is C44H44N4O12S2. The molecule has 6 N–H and O–H groups in total. The van der Waals surface area contributed by atoms with Crippen molar-refractivity contribution in [2.24, 2.45) is 10.2 Å². The van der Waals surface area contributed by atoms with Crippen LogP contribution in [0.5, 0.6) is 28.7 Å². The van der Waals surface area contributed by atoms with E-state index in [2.05, 4.69) is 37.2 Å². The summed E-state index contributed by atoms with van der Waals surface area (Å²) in [5.74, 6) is -0.813. The van der Waals surface area contributed by atoms with Crippen molar-refractivity contribution in [1.29, 1.82) is 0 Å². The van der Waals surface area contributed by atoms with E-state index in [9.17, 15) is 32.8 Å². The molecule has 6 aromatic rings. The Morgan fingerprint density at radius 3 is 2.23 bits per heavy atom. The molecular weight excluding hydrogens is 841 g/mol. The molecule has 0 aromatic heterocycles. The fraction of sp³-hybridized carbons (Fsp3) is 0.227. The Balaban J connectivity index is 1.26. The third kappa shape index (κ3) is 11.1. The number of amides is 2. The van der Waals surface area contributed by atoms with E-state index < -0.39 is 32.6 Å². The highest BCUT2D eigenvalue weighted by atomic mass is 32.2. The molecule has 0 unspecified atom stereocenters. The molecule has 0 aliphatic rings. The summed E-state index contributed by atoms with van der Waals surface area (Å²) >= 11 is 0.403. The highest BCUT2D eigenvalue weighted by Crippen LogP contribution is 2.47. The Hall–Kier alpha value is -6.28. The summed E-state index contributed by atoms with van der Waals surface area (Å²) in [4.78, 5) is 25.3. The van der Waals surface area contributed by atoms with Gasteiger partial charge in [-0.2, -0.15) is 13.5 Å². The third-order valence-electron chi connectivity index (χ3n) is 9.58. The van der Waals surface area contributed by atoms with Crippen molar-refractivity contribution in [2.45, 2.75) is 69.1 Å². The van der Waals surface area contributed by atoms with E-state index in [4.69, 9.17) is 14.7 Å². The van der Waals surface area contributed by atoms with Gasteiger partial charge in [-0.25, -0.2) is 5.26 Å². The van der Waals surface area contributed by atoms with Crippen LogP contribution in [0.1, 0.15) is 68.3 Å². The maximum absolute atomic E-state index is 13.9. The van der Waals surface area contributed by atoms with E-state index in [1.165, 1.54) is 38.3 Å². The lowest BCUT2D eigenvalue weighted by Gasteiger charge is -2.16. The Morgan fingerprint density at radius 2 is 1.52 bits per heavy atom. The number of carbonyl (C=O) groups is 2. The van der Waals surface area contributed by atoms with Gasteiger partial charge in [0.25, 0.3) is 16.0 Å². The molecule has 0 radical (unpaired) electrons. The first kappa shape index (κ1) is 45.3. The van der Waals surface area contributed by atoms with E-state index in [1.807, 2.05) is 25.1 Å². The molecule has 0 bridgehead atoms. The fourth-order valence-electron chi connectivity index (χ4n) is 6.63. The normalized spacial score (nSPS) is 11.6. The zero-order chi connectivity index (χ0) is 44.4. The lowest BCUT2D eigenvalue weighted by molar-refractivity contribution is -0.432. The van der Waals surface area contributed by atoms with Crippen LogP contribution in [0.4, 0.5) is 22.7 Å². The average Bonchev–Trinajstić information content (AvgIpc) is 3.23. The standard InChI is InChI=1S/C44H44N4O12S2/c1-4-5-6-7-8-11-20-57-37-19-14-26(2)21-35(37)46-44(52)34-25-38(32-12-9-10-13-33(32)42(34)50)58-30-17-15-29(16-18-30)47-48-41-39(61-60-59-53)23-28-22-31(62(54,55)56)24-36(45-27(3)49)40(28)43(41)51/h9-10,12-19,21-25,50-51,53H,4-8,11,20H2,1-3H3,(H,45,49)(H,46,52)(H,54,55,56). The predicted octanol–water partition coefficient (Wildman–Crippen LogP) is 11.5. The molecule has 16 nitrogen and oxygen atoms in total. The molecule has 6 aromatic carbocycles. The minimum Gasteiger partial charge on any atom is -0.506 e. The number of phenols is 2. The predicted molar refractivity (Wildman–Crippen MR) is 235 cm³/mol. The summed E-state index contributed by atoms with van der Waals surface area (Å²) < 4.78 is 50.6. The summed E-state index contributed by atoms with van der Waals surface area (Å²) in [6.07, 6.45) is 6.67. The van der Waals surface area contributed by atoms with Gasteiger partial charge in [0.05, 0.1) is 51.1 Å². The Labute approximate surface area is 361 Å². The third-order valence-corrected chi connectivity index (χ3v) is 11.0. The molecule has 18 heteroatoms. The molecule has 0 aliphatic carbocycles. The number of anilines is 2. The second-order valence-electron chi connectivity index (χ2n) is 14.2. The zero-order valence-corrected chi connectivity index (χ0v) is 35.5. The number of fused-ring (bicyclic) bond motifs is 2. The lowest BCUT2D eigenvalue weighted by atomic mass is 10.0. The summed E-state index contributed by atoms with van der Waals surface area (Å²) in [7, 11) is -4.74. The van der Waals surface area contributed by atoms with E-state index in [1.54, 1.807) is 48.5 Å². The molecule has 6 rings (SSSR count). The first-order chi connectivity index (χ1) is 29.8. The Kier molecular flexibility index (Phi) is 15.0. The number of aryl methyl sites for hydroxylation is 1. The summed E-state index contributed by atoms with van der Waals surface area (Å²) in [6.45, 7) is 5.76. The van der Waals surface area contributed by atoms with Gasteiger partial charge in [-0.15, -0.1) is 9.45 Å². The van der Waals surface area contributed by atoms with Gasteiger partial charge in [0.2, 0.25) is 5.91 Å². The molecule has 2 amide bonds. The fourth-order valence-corrected chi connectivity index (χ4v) is 7.67.